The first-order valence-electron chi connectivity index (χ1n) is 6.52. The molecular formula is C13H24N4. The molecule has 2 N–H and O–H groups in total. The highest BCUT2D eigenvalue weighted by molar-refractivity contribution is 5.46. The summed E-state index contributed by atoms with van der Waals surface area (Å²) in [5.74, 6) is 2.42. The summed E-state index contributed by atoms with van der Waals surface area (Å²) in [5.41, 5.74) is 0. The molecule has 4 nitrogen and oxygen atoms in total. The fourth-order valence-corrected chi connectivity index (χ4v) is 1.45. The average molecular weight is 236 g/mol. The van der Waals surface area contributed by atoms with E-state index < -0.39 is 0 Å². The maximum atomic E-state index is 4.20. The van der Waals surface area contributed by atoms with E-state index in [9.17, 15) is 0 Å². The molecular weight excluding hydrogens is 212 g/mol. The van der Waals surface area contributed by atoms with E-state index in [1.807, 2.05) is 6.07 Å². The van der Waals surface area contributed by atoms with Gasteiger partial charge in [0.2, 0.25) is 0 Å². The Morgan fingerprint density at radius 3 is 2.47 bits per heavy atom. The molecule has 17 heavy (non-hydrogen) atoms. The van der Waals surface area contributed by atoms with Crippen molar-refractivity contribution in [3.8, 4) is 0 Å². The SMILES string of the molecule is CCCCCNc1cc(NCC(C)C)ncn1. The van der Waals surface area contributed by atoms with E-state index in [1.54, 1.807) is 6.33 Å². The van der Waals surface area contributed by atoms with Gasteiger partial charge in [0.05, 0.1) is 0 Å². The Labute approximate surface area is 104 Å². The lowest BCUT2D eigenvalue weighted by molar-refractivity contribution is 0.686. The molecule has 0 radical (unpaired) electrons. The Morgan fingerprint density at radius 1 is 1.12 bits per heavy atom. The molecule has 0 aliphatic rings. The predicted molar refractivity (Wildman–Crippen MR) is 73.4 cm³/mol. The van der Waals surface area contributed by atoms with Crippen LogP contribution in [0.25, 0.3) is 0 Å². The number of hydrogen-bond acceptors (Lipinski definition) is 4. The molecule has 0 aliphatic heterocycles. The minimum atomic E-state index is 0.617. The van der Waals surface area contributed by atoms with Gasteiger partial charge >= 0.3 is 0 Å². The Morgan fingerprint density at radius 2 is 1.82 bits per heavy atom. The molecule has 0 fully saturated rings. The summed E-state index contributed by atoms with van der Waals surface area (Å²) in [4.78, 5) is 8.40. The second kappa shape index (κ2) is 7.87. The lowest BCUT2D eigenvalue weighted by Crippen LogP contribution is -2.10. The molecule has 0 saturated heterocycles. The van der Waals surface area contributed by atoms with Gasteiger partial charge < -0.3 is 10.6 Å². The number of aromatic nitrogens is 2. The van der Waals surface area contributed by atoms with Crippen LogP contribution in [0.3, 0.4) is 0 Å². The second-order valence-electron chi connectivity index (χ2n) is 4.70. The van der Waals surface area contributed by atoms with E-state index in [2.05, 4.69) is 41.4 Å². The number of nitrogens with zero attached hydrogens (tertiary/aromatic N) is 2. The van der Waals surface area contributed by atoms with Crippen molar-refractivity contribution in [1.29, 1.82) is 0 Å². The van der Waals surface area contributed by atoms with Crippen LogP contribution in [0.1, 0.15) is 40.0 Å². The zero-order chi connectivity index (χ0) is 12.5. The van der Waals surface area contributed by atoms with Crippen LogP contribution in [-0.2, 0) is 0 Å². The highest BCUT2D eigenvalue weighted by Crippen LogP contribution is 2.09. The van der Waals surface area contributed by atoms with E-state index in [4.69, 9.17) is 0 Å². The van der Waals surface area contributed by atoms with Gasteiger partial charge in [-0.2, -0.15) is 0 Å². The summed E-state index contributed by atoms with van der Waals surface area (Å²) in [7, 11) is 0. The predicted octanol–water partition coefficient (Wildman–Crippen LogP) is 3.15. The van der Waals surface area contributed by atoms with E-state index in [0.29, 0.717) is 5.92 Å². The van der Waals surface area contributed by atoms with Crippen LogP contribution in [0.2, 0.25) is 0 Å². The molecule has 0 spiro atoms. The van der Waals surface area contributed by atoms with E-state index in [0.717, 1.165) is 24.7 Å². The van der Waals surface area contributed by atoms with Gasteiger partial charge in [-0.15, -0.1) is 0 Å². The maximum absolute atomic E-state index is 4.20. The van der Waals surface area contributed by atoms with Crippen LogP contribution in [0.5, 0.6) is 0 Å². The largest absolute Gasteiger partial charge is 0.370 e. The van der Waals surface area contributed by atoms with Crippen LogP contribution < -0.4 is 10.6 Å². The van der Waals surface area contributed by atoms with E-state index in [-0.39, 0.29) is 0 Å². The Balaban J connectivity index is 2.37. The van der Waals surface area contributed by atoms with Gasteiger partial charge in [-0.3, -0.25) is 0 Å². The van der Waals surface area contributed by atoms with Gasteiger partial charge in [0, 0.05) is 19.2 Å². The molecule has 0 unspecified atom stereocenters. The number of anilines is 2. The highest BCUT2D eigenvalue weighted by atomic mass is 15.1. The van der Waals surface area contributed by atoms with Crippen LogP contribution >= 0.6 is 0 Å². The minimum absolute atomic E-state index is 0.617. The number of hydrogen-bond donors (Lipinski definition) is 2. The topological polar surface area (TPSA) is 49.8 Å². The van der Waals surface area contributed by atoms with Gasteiger partial charge in [0.1, 0.15) is 18.0 Å². The van der Waals surface area contributed by atoms with Crippen molar-refractivity contribution in [2.75, 3.05) is 23.7 Å². The fraction of sp³-hybridized carbons (Fsp3) is 0.692. The first-order valence-corrected chi connectivity index (χ1v) is 6.52. The quantitative estimate of drug-likeness (QED) is 0.681. The van der Waals surface area contributed by atoms with Crippen LogP contribution in [0.4, 0.5) is 11.6 Å². The monoisotopic (exact) mass is 236 g/mol. The second-order valence-corrected chi connectivity index (χ2v) is 4.70. The normalized spacial score (nSPS) is 10.6. The maximum Gasteiger partial charge on any atom is 0.131 e. The molecule has 0 amide bonds. The summed E-state index contributed by atoms with van der Waals surface area (Å²) in [5, 5.41) is 6.61. The number of rotatable bonds is 8. The van der Waals surface area contributed by atoms with Gasteiger partial charge in [0.15, 0.2) is 0 Å². The molecule has 0 atom stereocenters. The van der Waals surface area contributed by atoms with Crippen molar-refractivity contribution in [2.24, 2.45) is 5.92 Å². The summed E-state index contributed by atoms with van der Waals surface area (Å²) in [6, 6.07) is 1.97. The number of unbranched alkanes of at least 4 members (excludes halogenated alkanes) is 2. The molecule has 0 saturated carbocycles. The molecule has 96 valence electrons. The Hall–Kier alpha value is -1.32. The summed E-state index contributed by atoms with van der Waals surface area (Å²) in [6.45, 7) is 8.48. The van der Waals surface area contributed by atoms with Crippen molar-refractivity contribution in [2.45, 2.75) is 40.0 Å². The summed E-state index contributed by atoms with van der Waals surface area (Å²) in [6.07, 6.45) is 5.29. The standard InChI is InChI=1S/C13H24N4/c1-4-5-6-7-14-12-8-13(17-10-16-12)15-9-11(2)3/h8,10-11H,4-7,9H2,1-3H3,(H2,14,15,16,17). The zero-order valence-corrected chi connectivity index (χ0v) is 11.2. The number of nitrogens with one attached hydrogen (secondary N) is 2. The van der Waals surface area contributed by atoms with Crippen LogP contribution in [-0.4, -0.2) is 23.1 Å². The third kappa shape index (κ3) is 6.09. The fourth-order valence-electron chi connectivity index (χ4n) is 1.45. The lowest BCUT2D eigenvalue weighted by atomic mass is 10.2. The van der Waals surface area contributed by atoms with Gasteiger partial charge in [0.25, 0.3) is 0 Å². The molecule has 0 bridgehead atoms. The molecule has 1 aromatic rings. The third-order valence-electron chi connectivity index (χ3n) is 2.44. The summed E-state index contributed by atoms with van der Waals surface area (Å²) >= 11 is 0. The van der Waals surface area contributed by atoms with E-state index in [1.165, 1.54) is 19.3 Å². The average Bonchev–Trinajstić information content (AvgIpc) is 2.33. The molecule has 0 aromatic carbocycles. The molecule has 1 rings (SSSR count). The first-order chi connectivity index (χ1) is 8.22. The zero-order valence-electron chi connectivity index (χ0n) is 11.2. The molecule has 1 aromatic heterocycles. The smallest absolute Gasteiger partial charge is 0.131 e. The van der Waals surface area contributed by atoms with Gasteiger partial charge in [-0.25, -0.2) is 9.97 Å². The first kappa shape index (κ1) is 13.7. The molecule has 4 heteroatoms. The lowest BCUT2D eigenvalue weighted by Gasteiger charge is -2.09. The minimum Gasteiger partial charge on any atom is -0.370 e. The molecule has 0 aliphatic carbocycles. The van der Waals surface area contributed by atoms with E-state index >= 15 is 0 Å². The van der Waals surface area contributed by atoms with Crippen LogP contribution in [0, 0.1) is 5.92 Å². The van der Waals surface area contributed by atoms with Crippen molar-refractivity contribution in [1.82, 2.24) is 9.97 Å². The highest BCUT2D eigenvalue weighted by Gasteiger charge is 1.99. The summed E-state index contributed by atoms with van der Waals surface area (Å²) < 4.78 is 0. The Kier molecular flexibility index (Phi) is 6.37. The van der Waals surface area contributed by atoms with Crippen molar-refractivity contribution < 1.29 is 0 Å². The van der Waals surface area contributed by atoms with Crippen molar-refractivity contribution in [3.63, 3.8) is 0 Å². The van der Waals surface area contributed by atoms with Crippen molar-refractivity contribution >= 4 is 11.6 Å². The van der Waals surface area contributed by atoms with Gasteiger partial charge in [-0.05, 0) is 12.3 Å². The molecule has 1 heterocycles. The third-order valence-corrected chi connectivity index (χ3v) is 2.44. The van der Waals surface area contributed by atoms with Gasteiger partial charge in [-0.1, -0.05) is 33.6 Å². The van der Waals surface area contributed by atoms with Crippen molar-refractivity contribution in [3.05, 3.63) is 12.4 Å². The Bertz CT molecular complexity index is 312. The van der Waals surface area contributed by atoms with Crippen LogP contribution in [0.15, 0.2) is 12.4 Å².